The third-order valence-corrected chi connectivity index (χ3v) is 3.16. The third-order valence-electron chi connectivity index (χ3n) is 3.16. The van der Waals surface area contributed by atoms with Crippen LogP contribution < -0.4 is 10.2 Å². The van der Waals surface area contributed by atoms with Crippen LogP contribution in [0.15, 0.2) is 6.07 Å². The first-order valence-electron chi connectivity index (χ1n) is 6.04. The molecule has 0 saturated carbocycles. The quantitative estimate of drug-likeness (QED) is 0.860. The topological polar surface area (TPSA) is 50.3 Å². The van der Waals surface area contributed by atoms with Crippen molar-refractivity contribution in [1.82, 2.24) is 9.97 Å². The highest BCUT2D eigenvalue weighted by molar-refractivity contribution is 5.44. The fourth-order valence-corrected chi connectivity index (χ4v) is 2.10. The van der Waals surface area contributed by atoms with Crippen molar-refractivity contribution >= 4 is 11.8 Å². The minimum absolute atomic E-state index is 0.516. The Morgan fingerprint density at radius 3 is 2.71 bits per heavy atom. The predicted molar refractivity (Wildman–Crippen MR) is 68.6 cm³/mol. The number of hydrogen-bond donors (Lipinski definition) is 1. The molecule has 2 rings (SSSR count). The number of ether oxygens (including phenoxy) is 1. The molecule has 0 unspecified atom stereocenters. The van der Waals surface area contributed by atoms with E-state index >= 15 is 0 Å². The van der Waals surface area contributed by atoms with Gasteiger partial charge in [-0.1, -0.05) is 0 Å². The van der Waals surface area contributed by atoms with Crippen molar-refractivity contribution in [1.29, 1.82) is 0 Å². The minimum atomic E-state index is 0.516. The van der Waals surface area contributed by atoms with E-state index in [-0.39, 0.29) is 0 Å². The molecule has 0 amide bonds. The van der Waals surface area contributed by atoms with Crippen molar-refractivity contribution in [3.8, 4) is 0 Å². The Hall–Kier alpha value is -1.36. The van der Waals surface area contributed by atoms with E-state index in [1.807, 2.05) is 20.0 Å². The van der Waals surface area contributed by atoms with Crippen LogP contribution in [0, 0.1) is 6.92 Å². The van der Waals surface area contributed by atoms with E-state index in [1.165, 1.54) is 0 Å². The van der Waals surface area contributed by atoms with Gasteiger partial charge in [-0.3, -0.25) is 0 Å². The summed E-state index contributed by atoms with van der Waals surface area (Å²) in [6.45, 7) is 3.68. The molecule has 0 spiro atoms. The zero-order valence-corrected chi connectivity index (χ0v) is 10.7. The van der Waals surface area contributed by atoms with Crippen LogP contribution in [0.4, 0.5) is 11.8 Å². The SMILES string of the molecule is CNc1nc(C)cc(N(C)C2CCOCC2)n1. The maximum atomic E-state index is 5.38. The van der Waals surface area contributed by atoms with Gasteiger partial charge in [-0.15, -0.1) is 0 Å². The highest BCUT2D eigenvalue weighted by Crippen LogP contribution is 2.20. The Labute approximate surface area is 102 Å². The molecule has 1 N–H and O–H groups in total. The van der Waals surface area contributed by atoms with Crippen molar-refractivity contribution in [2.75, 3.05) is 37.5 Å². The third kappa shape index (κ3) is 2.85. The van der Waals surface area contributed by atoms with Crippen LogP contribution in [0.2, 0.25) is 0 Å². The first kappa shape index (κ1) is 12.1. The second kappa shape index (κ2) is 5.31. The van der Waals surface area contributed by atoms with Gasteiger partial charge in [0, 0.05) is 45.1 Å². The van der Waals surface area contributed by atoms with Gasteiger partial charge in [0.15, 0.2) is 0 Å². The van der Waals surface area contributed by atoms with E-state index in [0.29, 0.717) is 12.0 Å². The van der Waals surface area contributed by atoms with E-state index in [9.17, 15) is 0 Å². The smallest absolute Gasteiger partial charge is 0.224 e. The number of nitrogens with zero attached hydrogens (tertiary/aromatic N) is 3. The zero-order valence-electron chi connectivity index (χ0n) is 10.7. The Bertz CT molecular complexity index is 377. The van der Waals surface area contributed by atoms with Crippen molar-refractivity contribution in [2.45, 2.75) is 25.8 Å². The molecular weight excluding hydrogens is 216 g/mol. The van der Waals surface area contributed by atoms with Gasteiger partial charge < -0.3 is 15.0 Å². The lowest BCUT2D eigenvalue weighted by atomic mass is 10.1. The van der Waals surface area contributed by atoms with Crippen LogP contribution in [0.3, 0.4) is 0 Å². The van der Waals surface area contributed by atoms with Crippen molar-refractivity contribution in [3.63, 3.8) is 0 Å². The summed E-state index contributed by atoms with van der Waals surface area (Å²) in [5.41, 5.74) is 0.984. The zero-order chi connectivity index (χ0) is 12.3. The molecule has 1 aromatic heterocycles. The van der Waals surface area contributed by atoms with Gasteiger partial charge in [-0.05, 0) is 19.8 Å². The summed E-state index contributed by atoms with van der Waals surface area (Å²) >= 11 is 0. The molecule has 94 valence electrons. The molecule has 0 atom stereocenters. The lowest BCUT2D eigenvalue weighted by Gasteiger charge is -2.32. The predicted octanol–water partition coefficient (Wildman–Crippen LogP) is 1.44. The van der Waals surface area contributed by atoms with Gasteiger partial charge in [-0.2, -0.15) is 4.98 Å². The number of anilines is 2. The van der Waals surface area contributed by atoms with Gasteiger partial charge in [0.05, 0.1) is 0 Å². The van der Waals surface area contributed by atoms with E-state index in [1.54, 1.807) is 0 Å². The number of aryl methyl sites for hydroxylation is 1. The van der Waals surface area contributed by atoms with Gasteiger partial charge in [0.25, 0.3) is 0 Å². The molecule has 2 heterocycles. The molecule has 5 heteroatoms. The molecule has 1 aliphatic heterocycles. The van der Waals surface area contributed by atoms with E-state index < -0.39 is 0 Å². The summed E-state index contributed by atoms with van der Waals surface area (Å²) in [4.78, 5) is 11.0. The summed E-state index contributed by atoms with van der Waals surface area (Å²) < 4.78 is 5.38. The van der Waals surface area contributed by atoms with Crippen molar-refractivity contribution in [3.05, 3.63) is 11.8 Å². The van der Waals surface area contributed by atoms with E-state index in [2.05, 4.69) is 27.2 Å². The van der Waals surface area contributed by atoms with Gasteiger partial charge in [0.1, 0.15) is 5.82 Å². The van der Waals surface area contributed by atoms with Crippen LogP contribution in [0.1, 0.15) is 18.5 Å². The summed E-state index contributed by atoms with van der Waals surface area (Å²) in [7, 11) is 3.93. The molecule has 1 saturated heterocycles. The summed E-state index contributed by atoms with van der Waals surface area (Å²) in [5.74, 6) is 1.66. The highest BCUT2D eigenvalue weighted by atomic mass is 16.5. The molecule has 0 aliphatic carbocycles. The number of hydrogen-bond acceptors (Lipinski definition) is 5. The molecule has 1 aromatic rings. The Balaban J connectivity index is 2.17. The van der Waals surface area contributed by atoms with Crippen LogP contribution in [-0.2, 0) is 4.74 Å². The fraction of sp³-hybridized carbons (Fsp3) is 0.667. The van der Waals surface area contributed by atoms with Crippen LogP contribution in [0.5, 0.6) is 0 Å². The van der Waals surface area contributed by atoms with E-state index in [0.717, 1.165) is 37.6 Å². The standard InChI is InChI=1S/C12H20N4O/c1-9-8-11(15-12(13-2)14-9)16(3)10-4-6-17-7-5-10/h8,10H,4-7H2,1-3H3,(H,13,14,15). The molecular formula is C12H20N4O. The van der Waals surface area contributed by atoms with Crippen molar-refractivity contribution < 1.29 is 4.74 Å². The van der Waals surface area contributed by atoms with Crippen LogP contribution >= 0.6 is 0 Å². The molecule has 0 bridgehead atoms. The highest BCUT2D eigenvalue weighted by Gasteiger charge is 2.20. The fourth-order valence-electron chi connectivity index (χ4n) is 2.10. The largest absolute Gasteiger partial charge is 0.381 e. The summed E-state index contributed by atoms with van der Waals surface area (Å²) in [6, 6.07) is 2.54. The van der Waals surface area contributed by atoms with Crippen LogP contribution in [0.25, 0.3) is 0 Å². The van der Waals surface area contributed by atoms with Gasteiger partial charge in [-0.25, -0.2) is 4.98 Å². The number of nitrogens with one attached hydrogen (secondary N) is 1. The normalized spacial score (nSPS) is 16.9. The monoisotopic (exact) mass is 236 g/mol. The lowest BCUT2D eigenvalue weighted by molar-refractivity contribution is 0.0853. The minimum Gasteiger partial charge on any atom is -0.381 e. The Morgan fingerprint density at radius 1 is 1.35 bits per heavy atom. The first-order valence-corrected chi connectivity index (χ1v) is 6.04. The maximum absolute atomic E-state index is 5.38. The average Bonchev–Trinajstić information content (AvgIpc) is 2.38. The second-order valence-electron chi connectivity index (χ2n) is 4.40. The second-order valence-corrected chi connectivity index (χ2v) is 4.40. The number of aromatic nitrogens is 2. The summed E-state index contributed by atoms with van der Waals surface area (Å²) in [5, 5.41) is 2.99. The van der Waals surface area contributed by atoms with Crippen molar-refractivity contribution in [2.24, 2.45) is 0 Å². The maximum Gasteiger partial charge on any atom is 0.224 e. The summed E-state index contributed by atoms with van der Waals surface area (Å²) in [6.07, 6.45) is 2.13. The molecule has 0 radical (unpaired) electrons. The first-order chi connectivity index (χ1) is 8.20. The molecule has 5 nitrogen and oxygen atoms in total. The lowest BCUT2D eigenvalue weighted by Crippen LogP contribution is -2.37. The molecule has 0 aromatic carbocycles. The van der Waals surface area contributed by atoms with Gasteiger partial charge in [0.2, 0.25) is 5.95 Å². The average molecular weight is 236 g/mol. The van der Waals surface area contributed by atoms with Gasteiger partial charge >= 0.3 is 0 Å². The Kier molecular flexibility index (Phi) is 3.78. The van der Waals surface area contributed by atoms with Crippen LogP contribution in [-0.4, -0.2) is 43.3 Å². The molecule has 1 fully saturated rings. The van der Waals surface area contributed by atoms with E-state index in [4.69, 9.17) is 4.74 Å². The Morgan fingerprint density at radius 2 is 2.06 bits per heavy atom. The molecule has 17 heavy (non-hydrogen) atoms. The molecule has 1 aliphatic rings. The number of rotatable bonds is 3.